The molecule has 5 heteroatoms. The zero-order valence-electron chi connectivity index (χ0n) is 12.9. The number of hydrogen-bond acceptors (Lipinski definition) is 4. The summed E-state index contributed by atoms with van der Waals surface area (Å²) in [5.41, 5.74) is 8.29. The van der Waals surface area contributed by atoms with Crippen LogP contribution in [0.2, 0.25) is 0 Å². The quantitative estimate of drug-likeness (QED) is 0.655. The van der Waals surface area contributed by atoms with Gasteiger partial charge in [0.2, 0.25) is 0 Å². The monoisotopic (exact) mass is 289 g/mol. The fourth-order valence-electron chi connectivity index (χ4n) is 2.54. The summed E-state index contributed by atoms with van der Waals surface area (Å²) in [6.45, 7) is 6.44. The molecule has 0 fully saturated rings. The molecule has 0 bridgehead atoms. The highest BCUT2D eigenvalue weighted by molar-refractivity contribution is 5.89. The van der Waals surface area contributed by atoms with Crippen LogP contribution in [-0.2, 0) is 16.0 Å². The Morgan fingerprint density at radius 3 is 2.76 bits per heavy atom. The van der Waals surface area contributed by atoms with Crippen LogP contribution in [-0.4, -0.2) is 22.1 Å². The van der Waals surface area contributed by atoms with Crippen LogP contribution in [0.3, 0.4) is 0 Å². The summed E-state index contributed by atoms with van der Waals surface area (Å²) < 4.78 is 7.30. The fourth-order valence-corrected chi connectivity index (χ4v) is 2.54. The number of nitrogens with two attached hydrogens (primary N) is 1. The van der Waals surface area contributed by atoms with Crippen molar-refractivity contribution < 1.29 is 9.53 Å². The van der Waals surface area contributed by atoms with Crippen LogP contribution in [0.15, 0.2) is 18.2 Å². The van der Waals surface area contributed by atoms with Crippen molar-refractivity contribution >= 4 is 22.7 Å². The highest BCUT2D eigenvalue weighted by atomic mass is 16.5. The number of fused-ring (bicyclic) bond motifs is 1. The van der Waals surface area contributed by atoms with Crippen molar-refractivity contribution in [1.82, 2.24) is 9.55 Å². The van der Waals surface area contributed by atoms with E-state index < -0.39 is 0 Å². The molecular formula is C16H23N3O2. The van der Waals surface area contributed by atoms with Crippen molar-refractivity contribution in [2.45, 2.75) is 46.1 Å². The maximum atomic E-state index is 12.3. The van der Waals surface area contributed by atoms with Crippen molar-refractivity contribution in [3.05, 3.63) is 24.0 Å². The molecule has 1 aromatic carbocycles. The van der Waals surface area contributed by atoms with Crippen molar-refractivity contribution in [2.24, 2.45) is 0 Å². The number of rotatable bonds is 6. The van der Waals surface area contributed by atoms with E-state index in [0.29, 0.717) is 18.7 Å². The summed E-state index contributed by atoms with van der Waals surface area (Å²) in [6.07, 6.45) is 2.22. The van der Waals surface area contributed by atoms with E-state index in [4.69, 9.17) is 10.5 Å². The van der Waals surface area contributed by atoms with Gasteiger partial charge in [-0.1, -0.05) is 26.8 Å². The zero-order valence-corrected chi connectivity index (χ0v) is 12.9. The Kier molecular flexibility index (Phi) is 4.83. The van der Waals surface area contributed by atoms with Gasteiger partial charge in [-0.05, 0) is 25.0 Å². The van der Waals surface area contributed by atoms with Gasteiger partial charge in [-0.3, -0.25) is 0 Å². The van der Waals surface area contributed by atoms with E-state index >= 15 is 0 Å². The number of para-hydroxylation sites is 1. The first-order valence-corrected chi connectivity index (χ1v) is 7.55. The van der Waals surface area contributed by atoms with Gasteiger partial charge >= 0.3 is 5.97 Å². The first-order valence-electron chi connectivity index (χ1n) is 7.55. The predicted octanol–water partition coefficient (Wildman–Crippen LogP) is 3.09. The normalized spacial score (nSPS) is 12.5. The van der Waals surface area contributed by atoms with E-state index in [9.17, 15) is 4.79 Å². The first kappa shape index (κ1) is 15.4. The minimum atomic E-state index is -0.349. The Hall–Kier alpha value is -2.04. The fraction of sp³-hybridized carbons (Fsp3) is 0.500. The highest BCUT2D eigenvalue weighted by Gasteiger charge is 2.25. The van der Waals surface area contributed by atoms with E-state index in [1.54, 1.807) is 0 Å². The van der Waals surface area contributed by atoms with Crippen molar-refractivity contribution in [3.63, 3.8) is 0 Å². The van der Waals surface area contributed by atoms with Gasteiger partial charge in [0.1, 0.15) is 17.4 Å². The molecule has 114 valence electrons. The second kappa shape index (κ2) is 6.61. The molecule has 1 unspecified atom stereocenters. The molecule has 0 radical (unpaired) electrons. The predicted molar refractivity (Wildman–Crippen MR) is 84.1 cm³/mol. The van der Waals surface area contributed by atoms with Crippen LogP contribution >= 0.6 is 0 Å². The summed E-state index contributed by atoms with van der Waals surface area (Å²) in [4.78, 5) is 16.9. The van der Waals surface area contributed by atoms with Gasteiger partial charge in [-0.15, -0.1) is 0 Å². The number of carbonyl (C=O) groups excluding carboxylic acids is 1. The molecule has 2 rings (SSSR count). The number of carbonyl (C=O) groups is 1. The first-order chi connectivity index (χ1) is 10.1. The van der Waals surface area contributed by atoms with Crippen LogP contribution < -0.4 is 5.73 Å². The molecule has 0 aliphatic rings. The molecule has 21 heavy (non-hydrogen) atoms. The molecule has 1 atom stereocenters. The number of aromatic nitrogens is 2. The van der Waals surface area contributed by atoms with E-state index in [1.165, 1.54) is 0 Å². The molecular weight excluding hydrogens is 266 g/mol. The maximum Gasteiger partial charge on any atom is 0.329 e. The molecule has 0 aliphatic heterocycles. The summed E-state index contributed by atoms with van der Waals surface area (Å²) in [5, 5.41) is 0. The largest absolute Gasteiger partial charge is 0.464 e. The summed E-state index contributed by atoms with van der Waals surface area (Å²) in [6, 6.07) is 5.32. The van der Waals surface area contributed by atoms with Crippen LogP contribution in [0.5, 0.6) is 0 Å². The number of aryl methyl sites for hydroxylation is 1. The van der Waals surface area contributed by atoms with Crippen LogP contribution in [0.4, 0.5) is 5.69 Å². The SMILES string of the molecule is CCCOC(=O)C(CC)n1c(CC)nc2c(N)cccc21. The van der Waals surface area contributed by atoms with Crippen LogP contribution in [0.1, 0.15) is 45.5 Å². The standard InChI is InChI=1S/C16H23N3O2/c1-4-10-21-16(20)12(5-2)19-13-9-7-8-11(17)15(13)18-14(19)6-3/h7-9,12H,4-6,10,17H2,1-3H3. The van der Waals surface area contributed by atoms with Gasteiger partial charge in [-0.2, -0.15) is 0 Å². The number of esters is 1. The lowest BCUT2D eigenvalue weighted by molar-refractivity contribution is -0.147. The van der Waals surface area contributed by atoms with E-state index in [2.05, 4.69) is 4.98 Å². The molecule has 0 spiro atoms. The Balaban J connectivity index is 2.52. The smallest absolute Gasteiger partial charge is 0.329 e. The molecule has 2 aromatic rings. The second-order valence-electron chi connectivity index (χ2n) is 5.06. The van der Waals surface area contributed by atoms with Crippen molar-refractivity contribution in [1.29, 1.82) is 0 Å². The average Bonchev–Trinajstić information content (AvgIpc) is 2.86. The number of benzene rings is 1. The van der Waals surface area contributed by atoms with Gasteiger partial charge in [-0.25, -0.2) is 9.78 Å². The number of imidazole rings is 1. The maximum absolute atomic E-state index is 12.3. The Morgan fingerprint density at radius 2 is 2.14 bits per heavy atom. The topological polar surface area (TPSA) is 70.1 Å². The van der Waals surface area contributed by atoms with Gasteiger partial charge < -0.3 is 15.0 Å². The van der Waals surface area contributed by atoms with Crippen molar-refractivity contribution in [3.8, 4) is 0 Å². The van der Waals surface area contributed by atoms with Gasteiger partial charge in [0.15, 0.2) is 0 Å². The number of ether oxygens (including phenoxy) is 1. The molecule has 0 saturated heterocycles. The van der Waals surface area contributed by atoms with E-state index in [0.717, 1.165) is 29.7 Å². The van der Waals surface area contributed by atoms with Crippen LogP contribution in [0, 0.1) is 0 Å². The summed E-state index contributed by atoms with van der Waals surface area (Å²) >= 11 is 0. The molecule has 0 amide bonds. The lowest BCUT2D eigenvalue weighted by Gasteiger charge is -2.18. The Labute approximate surface area is 125 Å². The summed E-state index contributed by atoms with van der Waals surface area (Å²) in [5.74, 6) is 0.666. The highest BCUT2D eigenvalue weighted by Crippen LogP contribution is 2.27. The number of anilines is 1. The van der Waals surface area contributed by atoms with Gasteiger partial charge in [0.25, 0.3) is 0 Å². The minimum Gasteiger partial charge on any atom is -0.464 e. The Bertz CT molecular complexity index is 634. The third-order valence-corrected chi connectivity index (χ3v) is 3.56. The summed E-state index contributed by atoms with van der Waals surface area (Å²) in [7, 11) is 0. The van der Waals surface area contributed by atoms with Crippen molar-refractivity contribution in [2.75, 3.05) is 12.3 Å². The zero-order chi connectivity index (χ0) is 15.4. The van der Waals surface area contributed by atoms with Gasteiger partial charge in [0.05, 0.1) is 17.8 Å². The molecule has 5 nitrogen and oxygen atoms in total. The van der Waals surface area contributed by atoms with Gasteiger partial charge in [0, 0.05) is 6.42 Å². The Morgan fingerprint density at radius 1 is 1.38 bits per heavy atom. The van der Waals surface area contributed by atoms with E-state index in [-0.39, 0.29) is 12.0 Å². The number of nitrogen functional groups attached to an aromatic ring is 1. The lowest BCUT2D eigenvalue weighted by atomic mass is 10.2. The molecule has 0 saturated carbocycles. The van der Waals surface area contributed by atoms with E-state index in [1.807, 2.05) is 43.5 Å². The molecule has 1 heterocycles. The number of hydrogen-bond donors (Lipinski definition) is 1. The molecule has 1 aromatic heterocycles. The molecule has 0 aliphatic carbocycles. The third-order valence-electron chi connectivity index (χ3n) is 3.56. The third kappa shape index (κ3) is 2.86. The minimum absolute atomic E-state index is 0.198. The molecule has 2 N–H and O–H groups in total. The van der Waals surface area contributed by atoms with Crippen LogP contribution in [0.25, 0.3) is 11.0 Å². The average molecular weight is 289 g/mol. The number of nitrogens with zero attached hydrogens (tertiary/aromatic N) is 2. The lowest BCUT2D eigenvalue weighted by Crippen LogP contribution is -2.23. The second-order valence-corrected chi connectivity index (χ2v) is 5.06.